The van der Waals surface area contributed by atoms with Gasteiger partial charge < -0.3 is 9.84 Å². The first-order valence-corrected chi connectivity index (χ1v) is 6.77. The molecule has 0 aliphatic carbocycles. The van der Waals surface area contributed by atoms with Crippen LogP contribution in [0.1, 0.15) is 17.2 Å². The molecule has 1 unspecified atom stereocenters. The minimum absolute atomic E-state index is 0.00635. The van der Waals surface area contributed by atoms with Gasteiger partial charge in [-0.25, -0.2) is 8.78 Å². The van der Waals surface area contributed by atoms with Crippen LogP contribution in [0.4, 0.5) is 8.78 Å². The van der Waals surface area contributed by atoms with Crippen LogP contribution in [0.25, 0.3) is 0 Å². The molecule has 20 heavy (non-hydrogen) atoms. The number of aliphatic hydroxyl groups excluding tert-OH is 1. The van der Waals surface area contributed by atoms with Gasteiger partial charge in [0.25, 0.3) is 0 Å². The fourth-order valence-corrected chi connectivity index (χ4v) is 2.26. The van der Waals surface area contributed by atoms with Gasteiger partial charge in [-0.2, -0.15) is 0 Å². The van der Waals surface area contributed by atoms with E-state index in [9.17, 15) is 13.9 Å². The Balaban J connectivity index is 2.46. The minimum Gasteiger partial charge on any atom is -0.494 e. The van der Waals surface area contributed by atoms with Gasteiger partial charge in [-0.15, -0.1) is 0 Å². The molecule has 6 heteroatoms. The topological polar surface area (TPSA) is 29.5 Å². The Morgan fingerprint density at radius 2 is 1.90 bits per heavy atom. The van der Waals surface area contributed by atoms with Crippen LogP contribution in [0.2, 0.25) is 5.02 Å². The SMILES string of the molecule is COc1cc(C(O)c2cc(Cl)c(Br)cc2F)ccc1F. The van der Waals surface area contributed by atoms with E-state index in [4.69, 9.17) is 16.3 Å². The van der Waals surface area contributed by atoms with Crippen LogP contribution in [-0.2, 0) is 0 Å². The summed E-state index contributed by atoms with van der Waals surface area (Å²) in [6.45, 7) is 0. The first-order chi connectivity index (χ1) is 9.43. The molecule has 2 nitrogen and oxygen atoms in total. The van der Waals surface area contributed by atoms with Crippen molar-refractivity contribution in [3.8, 4) is 5.75 Å². The molecule has 2 rings (SSSR count). The molecule has 1 atom stereocenters. The van der Waals surface area contributed by atoms with E-state index in [-0.39, 0.29) is 16.3 Å². The second-order valence-electron chi connectivity index (χ2n) is 4.08. The summed E-state index contributed by atoms with van der Waals surface area (Å²) in [5, 5.41) is 10.5. The molecule has 0 aliphatic rings. The summed E-state index contributed by atoms with van der Waals surface area (Å²) in [5.41, 5.74) is 0.312. The van der Waals surface area contributed by atoms with E-state index in [1.54, 1.807) is 0 Å². The zero-order valence-electron chi connectivity index (χ0n) is 10.3. The predicted octanol–water partition coefficient (Wildman–Crippen LogP) is 4.47. The van der Waals surface area contributed by atoms with Crippen molar-refractivity contribution in [1.29, 1.82) is 0 Å². The Labute approximate surface area is 128 Å². The van der Waals surface area contributed by atoms with E-state index in [2.05, 4.69) is 15.9 Å². The van der Waals surface area contributed by atoms with Crippen LogP contribution in [-0.4, -0.2) is 12.2 Å². The fraction of sp³-hybridized carbons (Fsp3) is 0.143. The molecule has 0 amide bonds. The van der Waals surface area contributed by atoms with Crippen molar-refractivity contribution in [1.82, 2.24) is 0 Å². The van der Waals surface area contributed by atoms with Crippen molar-refractivity contribution in [2.75, 3.05) is 7.11 Å². The largest absolute Gasteiger partial charge is 0.494 e. The number of rotatable bonds is 3. The van der Waals surface area contributed by atoms with Crippen molar-refractivity contribution in [3.05, 3.63) is 62.6 Å². The highest BCUT2D eigenvalue weighted by molar-refractivity contribution is 9.10. The van der Waals surface area contributed by atoms with Crippen LogP contribution in [0.3, 0.4) is 0 Å². The standard InChI is InChI=1S/C14H10BrClF2O2/c1-20-13-4-7(2-3-11(13)17)14(19)8-5-10(16)9(15)6-12(8)18/h2-6,14,19H,1H3. The number of aliphatic hydroxyl groups is 1. The van der Waals surface area contributed by atoms with Crippen LogP contribution < -0.4 is 4.74 Å². The molecule has 0 fully saturated rings. The van der Waals surface area contributed by atoms with E-state index >= 15 is 0 Å². The highest BCUT2D eigenvalue weighted by Gasteiger charge is 2.18. The molecule has 2 aromatic rings. The van der Waals surface area contributed by atoms with Gasteiger partial charge in [-0.1, -0.05) is 17.7 Å². The van der Waals surface area contributed by atoms with Crippen molar-refractivity contribution >= 4 is 27.5 Å². The summed E-state index contributed by atoms with van der Waals surface area (Å²) < 4.78 is 32.4. The predicted molar refractivity (Wildman–Crippen MR) is 76.1 cm³/mol. The van der Waals surface area contributed by atoms with Gasteiger partial charge in [0.2, 0.25) is 0 Å². The van der Waals surface area contributed by atoms with Crippen LogP contribution in [0.15, 0.2) is 34.8 Å². The van der Waals surface area contributed by atoms with Crippen molar-refractivity contribution in [2.45, 2.75) is 6.10 Å². The maximum atomic E-state index is 13.9. The summed E-state index contributed by atoms with van der Waals surface area (Å²) >= 11 is 8.99. The molecule has 0 aromatic heterocycles. The molecular weight excluding hydrogens is 354 g/mol. The van der Waals surface area contributed by atoms with E-state index in [1.807, 2.05) is 0 Å². The summed E-state index contributed by atoms with van der Waals surface area (Å²) in [6.07, 6.45) is -1.27. The average Bonchev–Trinajstić information content (AvgIpc) is 2.42. The Kier molecular flexibility index (Phi) is 4.62. The molecule has 0 saturated carbocycles. The van der Waals surface area contributed by atoms with E-state index in [0.717, 1.165) is 6.07 Å². The second kappa shape index (κ2) is 6.08. The summed E-state index contributed by atoms with van der Waals surface area (Å²) in [5.74, 6) is -1.19. The summed E-state index contributed by atoms with van der Waals surface area (Å²) in [7, 11) is 1.31. The zero-order chi connectivity index (χ0) is 14.9. The minimum atomic E-state index is -1.27. The van der Waals surface area contributed by atoms with E-state index in [0.29, 0.717) is 10.0 Å². The lowest BCUT2D eigenvalue weighted by molar-refractivity contribution is 0.214. The molecule has 0 spiro atoms. The summed E-state index contributed by atoms with van der Waals surface area (Å²) in [4.78, 5) is 0. The number of halogens is 4. The highest BCUT2D eigenvalue weighted by Crippen LogP contribution is 2.33. The van der Waals surface area contributed by atoms with Gasteiger partial charge in [0.05, 0.1) is 12.1 Å². The number of methoxy groups -OCH3 is 1. The monoisotopic (exact) mass is 362 g/mol. The third-order valence-electron chi connectivity index (χ3n) is 2.83. The average molecular weight is 364 g/mol. The second-order valence-corrected chi connectivity index (χ2v) is 5.35. The lowest BCUT2D eigenvalue weighted by atomic mass is 10.0. The van der Waals surface area contributed by atoms with Gasteiger partial charge in [-0.05, 0) is 45.8 Å². The number of ether oxygens (including phenoxy) is 1. The third kappa shape index (κ3) is 2.95. The number of benzene rings is 2. The highest BCUT2D eigenvalue weighted by atomic mass is 79.9. The van der Waals surface area contributed by atoms with Crippen LogP contribution >= 0.6 is 27.5 Å². The van der Waals surface area contributed by atoms with E-state index in [1.165, 1.54) is 31.4 Å². The Morgan fingerprint density at radius 1 is 1.20 bits per heavy atom. The smallest absolute Gasteiger partial charge is 0.165 e. The molecule has 2 aromatic carbocycles. The molecule has 106 valence electrons. The molecular formula is C14H10BrClF2O2. The number of hydrogen-bond donors (Lipinski definition) is 1. The molecule has 0 heterocycles. The number of hydrogen-bond acceptors (Lipinski definition) is 2. The van der Waals surface area contributed by atoms with Gasteiger partial charge in [0.1, 0.15) is 11.9 Å². The lowest BCUT2D eigenvalue weighted by Gasteiger charge is -2.14. The van der Waals surface area contributed by atoms with Crippen LogP contribution in [0, 0.1) is 11.6 Å². The molecule has 0 radical (unpaired) electrons. The van der Waals surface area contributed by atoms with E-state index < -0.39 is 17.7 Å². The first-order valence-electron chi connectivity index (χ1n) is 5.60. The maximum Gasteiger partial charge on any atom is 0.165 e. The first kappa shape index (κ1) is 15.2. The molecule has 0 aliphatic heterocycles. The lowest BCUT2D eigenvalue weighted by Crippen LogP contribution is -2.04. The Bertz CT molecular complexity index is 649. The van der Waals surface area contributed by atoms with Gasteiger partial charge in [0, 0.05) is 10.0 Å². The third-order valence-corrected chi connectivity index (χ3v) is 4.02. The molecule has 1 N–H and O–H groups in total. The van der Waals surface area contributed by atoms with Crippen molar-refractivity contribution < 1.29 is 18.6 Å². The maximum absolute atomic E-state index is 13.9. The van der Waals surface area contributed by atoms with Crippen molar-refractivity contribution in [2.24, 2.45) is 0 Å². The quantitative estimate of drug-likeness (QED) is 0.815. The molecule has 0 bridgehead atoms. The molecule has 0 saturated heterocycles. The zero-order valence-corrected chi connectivity index (χ0v) is 12.7. The van der Waals surface area contributed by atoms with Crippen molar-refractivity contribution in [3.63, 3.8) is 0 Å². The Hall–Kier alpha value is -1.17. The van der Waals surface area contributed by atoms with Gasteiger partial charge in [-0.3, -0.25) is 0 Å². The fourth-order valence-electron chi connectivity index (χ4n) is 1.77. The normalized spacial score (nSPS) is 12.3. The summed E-state index contributed by atoms with van der Waals surface area (Å²) in [6, 6.07) is 6.31. The Morgan fingerprint density at radius 3 is 2.55 bits per heavy atom. The van der Waals surface area contributed by atoms with Gasteiger partial charge in [0.15, 0.2) is 11.6 Å². The van der Waals surface area contributed by atoms with Gasteiger partial charge >= 0.3 is 0 Å². The van der Waals surface area contributed by atoms with Crippen LogP contribution in [0.5, 0.6) is 5.75 Å².